The average Bonchev–Trinajstić information content (AvgIpc) is 2.66. The molecule has 1 fully saturated rings. The topological polar surface area (TPSA) is 55.1 Å². The number of hydrogen-bond donors (Lipinski definition) is 2. The molecule has 1 saturated carbocycles. The SMILES string of the molecule is NCC1(NC(=O)C(F)(F)C(F)F)CCCC1. The quantitative estimate of drug-likeness (QED) is 0.729. The molecule has 0 aliphatic heterocycles. The summed E-state index contributed by atoms with van der Waals surface area (Å²) in [7, 11) is 0. The third-order valence-electron chi connectivity index (χ3n) is 2.91. The predicted octanol–water partition coefficient (Wildman–Crippen LogP) is 1.27. The number of halogens is 4. The van der Waals surface area contributed by atoms with Gasteiger partial charge in [-0.2, -0.15) is 8.78 Å². The first-order valence-corrected chi connectivity index (χ1v) is 5.03. The van der Waals surface area contributed by atoms with Crippen LogP contribution in [0.25, 0.3) is 0 Å². The van der Waals surface area contributed by atoms with Crippen molar-refractivity contribution < 1.29 is 22.4 Å². The minimum absolute atomic E-state index is 0.0158. The summed E-state index contributed by atoms with van der Waals surface area (Å²) in [4.78, 5) is 11.0. The second-order valence-electron chi connectivity index (χ2n) is 4.07. The maximum atomic E-state index is 12.7. The second-order valence-corrected chi connectivity index (χ2v) is 4.07. The molecule has 1 rings (SSSR count). The Morgan fingerprint density at radius 3 is 2.25 bits per heavy atom. The van der Waals surface area contributed by atoms with Crippen molar-refractivity contribution >= 4 is 5.91 Å². The first kappa shape index (κ1) is 13.2. The average molecular weight is 242 g/mol. The molecule has 1 aliphatic carbocycles. The van der Waals surface area contributed by atoms with Crippen LogP contribution in [0.3, 0.4) is 0 Å². The second kappa shape index (κ2) is 4.57. The molecule has 0 atom stereocenters. The highest BCUT2D eigenvalue weighted by Crippen LogP contribution is 2.31. The highest BCUT2D eigenvalue weighted by Gasteiger charge is 2.51. The molecule has 94 valence electrons. The van der Waals surface area contributed by atoms with Gasteiger partial charge in [-0.25, -0.2) is 8.78 Å². The summed E-state index contributed by atoms with van der Waals surface area (Å²) in [6, 6.07) is 0. The van der Waals surface area contributed by atoms with Crippen molar-refractivity contribution in [1.82, 2.24) is 5.32 Å². The molecule has 0 radical (unpaired) electrons. The summed E-state index contributed by atoms with van der Waals surface area (Å²) in [6.45, 7) is -0.0158. The van der Waals surface area contributed by atoms with Crippen LogP contribution in [0.4, 0.5) is 17.6 Å². The molecule has 0 aromatic carbocycles. The third-order valence-corrected chi connectivity index (χ3v) is 2.91. The highest BCUT2D eigenvalue weighted by molar-refractivity contribution is 5.84. The zero-order chi connectivity index (χ0) is 12.4. The smallest absolute Gasteiger partial charge is 0.344 e. The van der Waals surface area contributed by atoms with Gasteiger partial charge in [0.05, 0.1) is 5.54 Å². The van der Waals surface area contributed by atoms with Gasteiger partial charge in [0.1, 0.15) is 0 Å². The van der Waals surface area contributed by atoms with E-state index < -0.39 is 23.8 Å². The number of carbonyl (C=O) groups is 1. The molecule has 1 amide bonds. The number of amides is 1. The van der Waals surface area contributed by atoms with Gasteiger partial charge in [0.15, 0.2) is 0 Å². The molecule has 0 bridgehead atoms. The molecule has 7 heteroatoms. The van der Waals surface area contributed by atoms with Crippen molar-refractivity contribution in [2.24, 2.45) is 5.73 Å². The van der Waals surface area contributed by atoms with Crippen LogP contribution in [-0.2, 0) is 4.79 Å². The maximum Gasteiger partial charge on any atom is 0.383 e. The zero-order valence-corrected chi connectivity index (χ0v) is 8.61. The molecular formula is C9H14F4N2O. The van der Waals surface area contributed by atoms with E-state index in [0.717, 1.165) is 12.8 Å². The van der Waals surface area contributed by atoms with Gasteiger partial charge in [0.2, 0.25) is 0 Å². The number of nitrogens with two attached hydrogens (primary N) is 1. The summed E-state index contributed by atoms with van der Waals surface area (Å²) in [5, 5.41) is 1.97. The third kappa shape index (κ3) is 2.45. The Labute approximate surface area is 90.4 Å². The number of rotatable bonds is 4. The molecule has 0 saturated heterocycles. The lowest BCUT2D eigenvalue weighted by Crippen LogP contribution is -2.57. The van der Waals surface area contributed by atoms with Crippen molar-refractivity contribution in [3.8, 4) is 0 Å². The normalized spacial score (nSPS) is 20.1. The Balaban J connectivity index is 2.69. The lowest BCUT2D eigenvalue weighted by molar-refractivity contribution is -0.171. The minimum Gasteiger partial charge on any atom is -0.344 e. The highest BCUT2D eigenvalue weighted by atomic mass is 19.3. The van der Waals surface area contributed by atoms with Crippen molar-refractivity contribution in [3.63, 3.8) is 0 Å². The fraction of sp³-hybridized carbons (Fsp3) is 0.889. The van der Waals surface area contributed by atoms with Gasteiger partial charge in [0.25, 0.3) is 5.91 Å². The molecular weight excluding hydrogens is 228 g/mol. The van der Waals surface area contributed by atoms with E-state index in [-0.39, 0.29) is 6.54 Å². The van der Waals surface area contributed by atoms with Gasteiger partial charge in [0, 0.05) is 6.54 Å². The van der Waals surface area contributed by atoms with E-state index in [9.17, 15) is 22.4 Å². The molecule has 1 aliphatic rings. The molecule has 0 aromatic heterocycles. The number of alkyl halides is 4. The number of nitrogens with one attached hydrogen (secondary N) is 1. The van der Waals surface area contributed by atoms with Gasteiger partial charge < -0.3 is 11.1 Å². The summed E-state index contributed by atoms with van der Waals surface area (Å²) in [5.41, 5.74) is 4.45. The predicted molar refractivity (Wildman–Crippen MR) is 49.3 cm³/mol. The van der Waals surface area contributed by atoms with E-state index in [2.05, 4.69) is 0 Å². The summed E-state index contributed by atoms with van der Waals surface area (Å²) < 4.78 is 49.2. The largest absolute Gasteiger partial charge is 0.383 e. The van der Waals surface area contributed by atoms with Gasteiger partial charge in [-0.05, 0) is 12.8 Å². The molecule has 16 heavy (non-hydrogen) atoms. The first-order valence-electron chi connectivity index (χ1n) is 5.03. The lowest BCUT2D eigenvalue weighted by Gasteiger charge is -2.30. The molecule has 3 N–H and O–H groups in total. The zero-order valence-electron chi connectivity index (χ0n) is 8.61. The van der Waals surface area contributed by atoms with Crippen LogP contribution in [0.5, 0.6) is 0 Å². The maximum absolute atomic E-state index is 12.7. The Morgan fingerprint density at radius 1 is 1.38 bits per heavy atom. The van der Waals surface area contributed by atoms with Crippen molar-refractivity contribution in [2.75, 3.05) is 6.54 Å². The molecule has 0 heterocycles. The van der Waals surface area contributed by atoms with E-state index in [1.54, 1.807) is 0 Å². The summed E-state index contributed by atoms with van der Waals surface area (Å²) >= 11 is 0. The molecule has 0 spiro atoms. The van der Waals surface area contributed by atoms with Crippen molar-refractivity contribution in [1.29, 1.82) is 0 Å². The van der Waals surface area contributed by atoms with Crippen LogP contribution in [0.2, 0.25) is 0 Å². The lowest BCUT2D eigenvalue weighted by atomic mass is 9.97. The van der Waals surface area contributed by atoms with E-state index in [1.807, 2.05) is 5.32 Å². The van der Waals surface area contributed by atoms with Gasteiger partial charge in [-0.1, -0.05) is 12.8 Å². The van der Waals surface area contributed by atoms with Crippen molar-refractivity contribution in [3.05, 3.63) is 0 Å². The fourth-order valence-corrected chi connectivity index (χ4v) is 1.86. The van der Waals surface area contributed by atoms with Crippen LogP contribution in [0.1, 0.15) is 25.7 Å². The molecule has 0 unspecified atom stereocenters. The Kier molecular flexibility index (Phi) is 3.77. The van der Waals surface area contributed by atoms with Gasteiger partial charge in [-0.3, -0.25) is 4.79 Å². The van der Waals surface area contributed by atoms with E-state index in [4.69, 9.17) is 5.73 Å². The van der Waals surface area contributed by atoms with Crippen LogP contribution in [-0.4, -0.2) is 30.3 Å². The monoisotopic (exact) mass is 242 g/mol. The number of hydrogen-bond acceptors (Lipinski definition) is 2. The van der Waals surface area contributed by atoms with E-state index in [0.29, 0.717) is 12.8 Å². The van der Waals surface area contributed by atoms with Crippen LogP contribution in [0, 0.1) is 0 Å². The van der Waals surface area contributed by atoms with Crippen molar-refractivity contribution in [2.45, 2.75) is 43.6 Å². The van der Waals surface area contributed by atoms with Crippen LogP contribution >= 0.6 is 0 Å². The Hall–Kier alpha value is -0.850. The van der Waals surface area contributed by atoms with Gasteiger partial charge >= 0.3 is 12.3 Å². The summed E-state index contributed by atoms with van der Waals surface area (Å²) in [5.74, 6) is -6.58. The Morgan fingerprint density at radius 2 is 1.88 bits per heavy atom. The van der Waals surface area contributed by atoms with Crippen LogP contribution < -0.4 is 11.1 Å². The molecule has 0 aromatic rings. The van der Waals surface area contributed by atoms with Gasteiger partial charge in [-0.15, -0.1) is 0 Å². The van der Waals surface area contributed by atoms with E-state index in [1.165, 1.54) is 0 Å². The fourth-order valence-electron chi connectivity index (χ4n) is 1.86. The Bertz CT molecular complexity index is 264. The van der Waals surface area contributed by atoms with E-state index >= 15 is 0 Å². The summed E-state index contributed by atoms with van der Waals surface area (Å²) in [6.07, 6.45) is -1.60. The first-order chi connectivity index (χ1) is 7.34. The minimum atomic E-state index is -4.65. The molecule has 3 nitrogen and oxygen atoms in total. The van der Waals surface area contributed by atoms with Crippen LogP contribution in [0.15, 0.2) is 0 Å². The standard InChI is InChI=1S/C9H14F4N2O/c10-6(11)9(12,13)7(16)15-8(5-14)3-1-2-4-8/h6H,1-5,14H2,(H,15,16). The number of carbonyl (C=O) groups excluding carboxylic acids is 1.